The van der Waals surface area contributed by atoms with Crippen LogP contribution >= 0.6 is 0 Å². The summed E-state index contributed by atoms with van der Waals surface area (Å²) in [6, 6.07) is 10.6. The zero-order valence-electron chi connectivity index (χ0n) is 10.4. The summed E-state index contributed by atoms with van der Waals surface area (Å²) in [5.74, 6) is 1.61. The molecule has 90 valence electrons. The van der Waals surface area contributed by atoms with Crippen molar-refractivity contribution < 1.29 is 4.74 Å². The Balaban J connectivity index is 2.16. The smallest absolute Gasteiger partial charge is 0.119 e. The third-order valence-electron chi connectivity index (χ3n) is 3.44. The number of hydrogen-bond acceptors (Lipinski definition) is 3. The van der Waals surface area contributed by atoms with E-state index >= 15 is 0 Å². The molecule has 0 aliphatic heterocycles. The van der Waals surface area contributed by atoms with Crippen LogP contribution in [0, 0.1) is 17.2 Å². The third kappa shape index (κ3) is 2.71. The second-order valence-corrected chi connectivity index (χ2v) is 4.56. The fourth-order valence-electron chi connectivity index (χ4n) is 2.15. The lowest BCUT2D eigenvalue weighted by atomic mass is 10.1. The van der Waals surface area contributed by atoms with E-state index in [0.717, 1.165) is 17.4 Å². The lowest BCUT2D eigenvalue weighted by molar-refractivity contribution is 0.414. The maximum absolute atomic E-state index is 8.93. The van der Waals surface area contributed by atoms with Crippen LogP contribution in [-0.4, -0.2) is 19.7 Å². The summed E-state index contributed by atoms with van der Waals surface area (Å²) < 4.78 is 5.15. The fraction of sp³-hybridized carbons (Fsp3) is 0.500. The average molecular weight is 230 g/mol. The highest BCUT2D eigenvalue weighted by molar-refractivity contribution is 5.51. The van der Waals surface area contributed by atoms with E-state index in [9.17, 15) is 0 Å². The Morgan fingerprint density at radius 1 is 1.41 bits per heavy atom. The van der Waals surface area contributed by atoms with Crippen LogP contribution in [0.15, 0.2) is 24.3 Å². The molecule has 3 nitrogen and oxygen atoms in total. The van der Waals surface area contributed by atoms with Crippen LogP contribution < -0.4 is 9.64 Å². The van der Waals surface area contributed by atoms with Crippen molar-refractivity contribution in [1.82, 2.24) is 0 Å². The largest absolute Gasteiger partial charge is 0.497 e. The van der Waals surface area contributed by atoms with Gasteiger partial charge in [-0.15, -0.1) is 0 Å². The van der Waals surface area contributed by atoms with Crippen molar-refractivity contribution in [3.05, 3.63) is 24.3 Å². The first-order valence-corrected chi connectivity index (χ1v) is 6.04. The summed E-state index contributed by atoms with van der Waals surface area (Å²) in [5, 5.41) is 8.93. The molecule has 0 radical (unpaired) electrons. The molecule has 1 aromatic rings. The second-order valence-electron chi connectivity index (χ2n) is 4.56. The van der Waals surface area contributed by atoms with Gasteiger partial charge in [0.05, 0.1) is 13.2 Å². The molecular weight excluding hydrogens is 212 g/mol. The van der Waals surface area contributed by atoms with E-state index in [1.807, 2.05) is 24.3 Å². The molecule has 1 aliphatic carbocycles. The molecule has 3 heteroatoms. The monoisotopic (exact) mass is 230 g/mol. The quantitative estimate of drug-likeness (QED) is 0.730. The van der Waals surface area contributed by atoms with E-state index in [4.69, 9.17) is 10.00 Å². The Hall–Kier alpha value is -1.69. The Morgan fingerprint density at radius 3 is 2.53 bits per heavy atom. The van der Waals surface area contributed by atoms with Crippen LogP contribution in [0.5, 0.6) is 5.75 Å². The van der Waals surface area contributed by atoms with Crippen LogP contribution in [0.25, 0.3) is 0 Å². The van der Waals surface area contributed by atoms with Gasteiger partial charge in [0, 0.05) is 11.7 Å². The minimum absolute atomic E-state index is 0.447. The van der Waals surface area contributed by atoms with Gasteiger partial charge in [0.2, 0.25) is 0 Å². The van der Waals surface area contributed by atoms with E-state index in [0.29, 0.717) is 12.6 Å². The zero-order valence-corrected chi connectivity index (χ0v) is 10.4. The average Bonchev–Trinajstić information content (AvgIpc) is 3.20. The molecule has 0 N–H and O–H groups in total. The minimum Gasteiger partial charge on any atom is -0.497 e. The number of hydrogen-bond donors (Lipinski definition) is 0. The Labute approximate surface area is 103 Å². The Kier molecular flexibility index (Phi) is 3.53. The molecule has 0 spiro atoms. The van der Waals surface area contributed by atoms with E-state index in [1.54, 1.807) is 7.11 Å². The van der Waals surface area contributed by atoms with Gasteiger partial charge in [-0.1, -0.05) is 0 Å². The van der Waals surface area contributed by atoms with Crippen molar-refractivity contribution in [1.29, 1.82) is 5.26 Å². The van der Waals surface area contributed by atoms with Crippen LogP contribution in [0.2, 0.25) is 0 Å². The van der Waals surface area contributed by atoms with Gasteiger partial charge in [-0.25, -0.2) is 0 Å². The third-order valence-corrected chi connectivity index (χ3v) is 3.44. The van der Waals surface area contributed by atoms with Crippen molar-refractivity contribution in [2.75, 3.05) is 18.6 Å². The van der Waals surface area contributed by atoms with Crippen LogP contribution in [0.3, 0.4) is 0 Å². The van der Waals surface area contributed by atoms with Crippen LogP contribution in [0.1, 0.15) is 19.8 Å². The SMILES string of the molecule is COc1ccc(N(CC#N)[C@H](C)C2CC2)cc1. The molecule has 0 heterocycles. The zero-order chi connectivity index (χ0) is 12.3. The number of methoxy groups -OCH3 is 1. The molecule has 0 saturated heterocycles. The predicted molar refractivity (Wildman–Crippen MR) is 68.1 cm³/mol. The molecule has 17 heavy (non-hydrogen) atoms. The van der Waals surface area contributed by atoms with Crippen molar-refractivity contribution in [2.24, 2.45) is 5.92 Å². The molecule has 0 aromatic heterocycles. The van der Waals surface area contributed by atoms with Gasteiger partial charge >= 0.3 is 0 Å². The normalized spacial score (nSPS) is 16.1. The number of ether oxygens (including phenoxy) is 1. The van der Waals surface area contributed by atoms with Gasteiger partial charge in [0.25, 0.3) is 0 Å². The summed E-state index contributed by atoms with van der Waals surface area (Å²) in [6.07, 6.45) is 2.58. The van der Waals surface area contributed by atoms with E-state index in [-0.39, 0.29) is 0 Å². The summed E-state index contributed by atoms with van der Waals surface area (Å²) >= 11 is 0. The maximum atomic E-state index is 8.93. The summed E-state index contributed by atoms with van der Waals surface area (Å²) in [6.45, 7) is 2.66. The van der Waals surface area contributed by atoms with Crippen molar-refractivity contribution in [3.8, 4) is 11.8 Å². The minimum atomic E-state index is 0.447. The Morgan fingerprint density at radius 2 is 2.06 bits per heavy atom. The first-order chi connectivity index (χ1) is 8.26. The van der Waals surface area contributed by atoms with Crippen LogP contribution in [-0.2, 0) is 0 Å². The lowest BCUT2D eigenvalue weighted by Gasteiger charge is -2.29. The number of benzene rings is 1. The van der Waals surface area contributed by atoms with Gasteiger partial charge in [0.1, 0.15) is 12.3 Å². The van der Waals surface area contributed by atoms with E-state index in [1.165, 1.54) is 12.8 Å². The summed E-state index contributed by atoms with van der Waals surface area (Å²) in [5.41, 5.74) is 1.10. The highest BCUT2D eigenvalue weighted by Gasteiger charge is 2.32. The fourth-order valence-corrected chi connectivity index (χ4v) is 2.15. The molecule has 1 fully saturated rings. The van der Waals surface area contributed by atoms with Crippen LogP contribution in [0.4, 0.5) is 5.69 Å². The topological polar surface area (TPSA) is 36.3 Å². The highest BCUT2D eigenvalue weighted by atomic mass is 16.5. The molecule has 1 aromatic carbocycles. The van der Waals surface area contributed by atoms with Crippen molar-refractivity contribution in [2.45, 2.75) is 25.8 Å². The highest BCUT2D eigenvalue weighted by Crippen LogP contribution is 2.37. The molecule has 2 rings (SSSR count). The molecule has 1 aliphatic rings. The molecule has 1 atom stereocenters. The Bertz CT molecular complexity index is 403. The molecular formula is C14H18N2O. The molecule has 0 unspecified atom stereocenters. The second kappa shape index (κ2) is 5.09. The number of nitriles is 1. The first-order valence-electron chi connectivity index (χ1n) is 6.04. The van der Waals surface area contributed by atoms with Crippen molar-refractivity contribution in [3.63, 3.8) is 0 Å². The first kappa shape index (κ1) is 11.8. The van der Waals surface area contributed by atoms with Gasteiger partial charge in [-0.3, -0.25) is 0 Å². The predicted octanol–water partition coefficient (Wildman–Crippen LogP) is 2.82. The number of anilines is 1. The molecule has 0 bridgehead atoms. The standard InChI is InChI=1S/C14H18N2O/c1-11(12-3-4-12)16(10-9-15)13-5-7-14(17-2)8-6-13/h5-8,11-12H,3-4,10H2,1-2H3/t11-/m1/s1. The molecule has 1 saturated carbocycles. The van der Waals surface area contributed by atoms with E-state index in [2.05, 4.69) is 17.9 Å². The summed E-state index contributed by atoms with van der Waals surface area (Å²) in [4.78, 5) is 2.18. The van der Waals surface area contributed by atoms with E-state index < -0.39 is 0 Å². The lowest BCUT2D eigenvalue weighted by Crippen LogP contribution is -2.34. The summed E-state index contributed by atoms with van der Waals surface area (Å²) in [7, 11) is 1.66. The number of rotatable bonds is 5. The maximum Gasteiger partial charge on any atom is 0.119 e. The number of nitrogens with zero attached hydrogens (tertiary/aromatic N) is 2. The molecule has 0 amide bonds. The van der Waals surface area contributed by atoms with Gasteiger partial charge in [0.15, 0.2) is 0 Å². The van der Waals surface area contributed by atoms with Gasteiger partial charge in [-0.2, -0.15) is 5.26 Å². The van der Waals surface area contributed by atoms with Crippen molar-refractivity contribution >= 4 is 5.69 Å². The van der Waals surface area contributed by atoms with Gasteiger partial charge in [-0.05, 0) is 49.9 Å². The van der Waals surface area contributed by atoms with Gasteiger partial charge < -0.3 is 9.64 Å².